The molecule has 0 aliphatic carbocycles. The second-order valence-corrected chi connectivity index (χ2v) is 8.57. The standard InChI is InChI=1S/C14H12Br3N3S/c1-7-6-20-12(8(2)19-14(20)21-7)5-18-13-10(16)3-9(15)4-11(13)17/h3-4,6,18H,5H2,1-2H3. The highest BCUT2D eigenvalue weighted by molar-refractivity contribution is 9.11. The highest BCUT2D eigenvalue weighted by atomic mass is 79.9. The second-order valence-electron chi connectivity index (χ2n) is 4.74. The quantitative estimate of drug-likeness (QED) is 0.491. The van der Waals surface area contributed by atoms with Crippen LogP contribution in [-0.2, 0) is 6.54 Å². The first kappa shape index (κ1) is 15.5. The Bertz CT molecular complexity index is 799. The van der Waals surface area contributed by atoms with E-state index in [1.54, 1.807) is 11.3 Å². The number of imidazole rings is 1. The third kappa shape index (κ3) is 3.06. The van der Waals surface area contributed by atoms with E-state index in [4.69, 9.17) is 0 Å². The van der Waals surface area contributed by atoms with Gasteiger partial charge >= 0.3 is 0 Å². The fraction of sp³-hybridized carbons (Fsp3) is 0.214. The van der Waals surface area contributed by atoms with Crippen LogP contribution in [0.5, 0.6) is 0 Å². The Hall–Kier alpha value is -0.370. The summed E-state index contributed by atoms with van der Waals surface area (Å²) in [6, 6.07) is 4.06. The van der Waals surface area contributed by atoms with Gasteiger partial charge in [-0.3, -0.25) is 4.40 Å². The first-order chi connectivity index (χ1) is 9.95. The number of halogens is 3. The molecule has 0 unspecified atom stereocenters. The smallest absolute Gasteiger partial charge is 0.194 e. The normalized spacial score (nSPS) is 11.3. The average molecular weight is 494 g/mol. The molecule has 110 valence electrons. The maximum absolute atomic E-state index is 4.62. The zero-order valence-electron chi connectivity index (χ0n) is 11.4. The lowest BCUT2D eigenvalue weighted by Crippen LogP contribution is -2.04. The molecule has 2 heterocycles. The van der Waals surface area contributed by atoms with Gasteiger partial charge in [-0.25, -0.2) is 4.98 Å². The van der Waals surface area contributed by atoms with Gasteiger partial charge in [-0.05, 0) is 57.8 Å². The molecular formula is C14H12Br3N3S. The van der Waals surface area contributed by atoms with E-state index in [9.17, 15) is 0 Å². The van der Waals surface area contributed by atoms with Crippen molar-refractivity contribution in [3.63, 3.8) is 0 Å². The van der Waals surface area contributed by atoms with Crippen LogP contribution in [0.4, 0.5) is 5.69 Å². The minimum Gasteiger partial charge on any atom is -0.378 e. The molecule has 0 saturated heterocycles. The van der Waals surface area contributed by atoms with Gasteiger partial charge in [0, 0.05) is 24.5 Å². The van der Waals surface area contributed by atoms with Crippen molar-refractivity contribution in [2.75, 3.05) is 5.32 Å². The number of nitrogens with zero attached hydrogens (tertiary/aromatic N) is 2. The Morgan fingerprint density at radius 1 is 1.19 bits per heavy atom. The maximum atomic E-state index is 4.62. The molecule has 0 amide bonds. The number of nitrogens with one attached hydrogen (secondary N) is 1. The van der Waals surface area contributed by atoms with Crippen LogP contribution in [0.2, 0.25) is 0 Å². The van der Waals surface area contributed by atoms with Crippen molar-refractivity contribution in [1.29, 1.82) is 0 Å². The number of rotatable bonds is 3. The number of fused-ring (bicyclic) bond motifs is 1. The molecule has 0 spiro atoms. The minimum absolute atomic E-state index is 0.724. The summed E-state index contributed by atoms with van der Waals surface area (Å²) >= 11 is 12.4. The Labute approximate surface area is 152 Å². The van der Waals surface area contributed by atoms with Crippen LogP contribution in [0, 0.1) is 13.8 Å². The van der Waals surface area contributed by atoms with Crippen molar-refractivity contribution >= 4 is 69.8 Å². The molecule has 1 aromatic carbocycles. The third-order valence-electron chi connectivity index (χ3n) is 3.18. The first-order valence-corrected chi connectivity index (χ1v) is 9.47. The van der Waals surface area contributed by atoms with Gasteiger partial charge in [-0.2, -0.15) is 0 Å². The Morgan fingerprint density at radius 2 is 1.86 bits per heavy atom. The number of aryl methyl sites for hydroxylation is 2. The number of benzene rings is 1. The molecule has 2 aromatic heterocycles. The van der Waals surface area contributed by atoms with Crippen molar-refractivity contribution in [2.45, 2.75) is 20.4 Å². The van der Waals surface area contributed by atoms with Gasteiger partial charge in [0.15, 0.2) is 4.96 Å². The molecular weight excluding hydrogens is 482 g/mol. The van der Waals surface area contributed by atoms with Crippen LogP contribution in [0.25, 0.3) is 4.96 Å². The molecule has 3 aromatic rings. The van der Waals surface area contributed by atoms with Crippen molar-refractivity contribution in [3.8, 4) is 0 Å². The zero-order valence-corrected chi connectivity index (χ0v) is 17.0. The summed E-state index contributed by atoms with van der Waals surface area (Å²) in [5.74, 6) is 0. The Morgan fingerprint density at radius 3 is 2.52 bits per heavy atom. The summed E-state index contributed by atoms with van der Waals surface area (Å²) in [6.07, 6.45) is 2.14. The number of aromatic nitrogens is 2. The fourth-order valence-electron chi connectivity index (χ4n) is 2.21. The molecule has 21 heavy (non-hydrogen) atoms. The van der Waals surface area contributed by atoms with Crippen molar-refractivity contribution in [3.05, 3.63) is 48.0 Å². The summed E-state index contributed by atoms with van der Waals surface area (Å²) in [7, 11) is 0. The summed E-state index contributed by atoms with van der Waals surface area (Å²) in [5.41, 5.74) is 3.30. The van der Waals surface area contributed by atoms with Crippen LogP contribution < -0.4 is 5.32 Å². The second kappa shape index (κ2) is 6.02. The van der Waals surface area contributed by atoms with Gasteiger partial charge in [-0.1, -0.05) is 15.9 Å². The predicted octanol–water partition coefficient (Wildman–Crippen LogP) is 5.91. The molecule has 0 atom stereocenters. The van der Waals surface area contributed by atoms with E-state index in [1.165, 1.54) is 10.6 Å². The van der Waals surface area contributed by atoms with Crippen molar-refractivity contribution < 1.29 is 0 Å². The summed E-state index contributed by atoms with van der Waals surface area (Å²) in [6.45, 7) is 4.88. The van der Waals surface area contributed by atoms with E-state index in [1.807, 2.05) is 12.1 Å². The zero-order chi connectivity index (χ0) is 15.1. The van der Waals surface area contributed by atoms with Gasteiger partial charge in [0.1, 0.15) is 0 Å². The van der Waals surface area contributed by atoms with E-state index in [0.29, 0.717) is 0 Å². The van der Waals surface area contributed by atoms with Gasteiger partial charge in [0.25, 0.3) is 0 Å². The first-order valence-electron chi connectivity index (χ1n) is 6.28. The van der Waals surface area contributed by atoms with Crippen molar-refractivity contribution in [2.24, 2.45) is 0 Å². The molecule has 0 saturated carbocycles. The summed E-state index contributed by atoms with van der Waals surface area (Å²) in [5, 5.41) is 3.48. The summed E-state index contributed by atoms with van der Waals surface area (Å²) < 4.78 is 5.23. The van der Waals surface area contributed by atoms with Gasteiger partial charge in [-0.15, -0.1) is 11.3 Å². The molecule has 0 aliphatic rings. The maximum Gasteiger partial charge on any atom is 0.194 e. The topological polar surface area (TPSA) is 29.3 Å². The molecule has 1 N–H and O–H groups in total. The molecule has 0 radical (unpaired) electrons. The van der Waals surface area contributed by atoms with Gasteiger partial charge < -0.3 is 5.32 Å². The van der Waals surface area contributed by atoms with E-state index < -0.39 is 0 Å². The number of thiazole rings is 1. The lowest BCUT2D eigenvalue weighted by atomic mass is 10.3. The molecule has 3 nitrogen and oxygen atoms in total. The molecule has 0 aliphatic heterocycles. The Balaban J connectivity index is 1.92. The predicted molar refractivity (Wildman–Crippen MR) is 99.4 cm³/mol. The van der Waals surface area contributed by atoms with Crippen LogP contribution >= 0.6 is 59.1 Å². The van der Waals surface area contributed by atoms with E-state index >= 15 is 0 Å². The Kier molecular flexibility index (Phi) is 4.45. The molecule has 7 heteroatoms. The third-order valence-corrected chi connectivity index (χ3v) is 5.79. The summed E-state index contributed by atoms with van der Waals surface area (Å²) in [4.78, 5) is 6.94. The van der Waals surface area contributed by atoms with Gasteiger partial charge in [0.05, 0.1) is 23.6 Å². The number of hydrogen-bond acceptors (Lipinski definition) is 3. The van der Waals surface area contributed by atoms with Crippen molar-refractivity contribution in [1.82, 2.24) is 9.38 Å². The van der Waals surface area contributed by atoms with Crippen LogP contribution in [0.1, 0.15) is 16.3 Å². The average Bonchev–Trinajstić information content (AvgIpc) is 2.84. The SMILES string of the molecule is Cc1cn2c(CNc3c(Br)cc(Br)cc3Br)c(C)nc2s1. The van der Waals surface area contributed by atoms with E-state index in [0.717, 1.165) is 36.3 Å². The molecule has 0 bridgehead atoms. The number of hydrogen-bond donors (Lipinski definition) is 1. The highest BCUT2D eigenvalue weighted by Crippen LogP contribution is 2.35. The van der Waals surface area contributed by atoms with Crippen LogP contribution in [0.15, 0.2) is 31.7 Å². The monoisotopic (exact) mass is 491 g/mol. The number of anilines is 1. The molecule has 0 fully saturated rings. The lowest BCUT2D eigenvalue weighted by molar-refractivity contribution is 0.989. The van der Waals surface area contributed by atoms with Crippen LogP contribution in [-0.4, -0.2) is 9.38 Å². The van der Waals surface area contributed by atoms with E-state index in [2.05, 4.69) is 82.5 Å². The minimum atomic E-state index is 0.724. The highest BCUT2D eigenvalue weighted by Gasteiger charge is 2.12. The fourth-order valence-corrected chi connectivity index (χ4v) is 5.63. The van der Waals surface area contributed by atoms with Crippen LogP contribution in [0.3, 0.4) is 0 Å². The van der Waals surface area contributed by atoms with Gasteiger partial charge in [0.2, 0.25) is 0 Å². The largest absolute Gasteiger partial charge is 0.378 e. The molecule has 3 rings (SSSR count). The van der Waals surface area contributed by atoms with E-state index in [-0.39, 0.29) is 0 Å². The lowest BCUT2D eigenvalue weighted by Gasteiger charge is -2.11.